The summed E-state index contributed by atoms with van der Waals surface area (Å²) in [4.78, 5) is 12.6. The normalized spacial score (nSPS) is 16.7. The molecule has 29 heavy (non-hydrogen) atoms. The van der Waals surface area contributed by atoms with Crippen molar-refractivity contribution < 1.29 is 22.7 Å². The van der Waals surface area contributed by atoms with Gasteiger partial charge < -0.3 is 14.8 Å². The summed E-state index contributed by atoms with van der Waals surface area (Å²) in [5, 5.41) is 2.88. The van der Waals surface area contributed by atoms with Crippen LogP contribution in [0, 0.1) is 0 Å². The molecule has 0 spiro atoms. The van der Waals surface area contributed by atoms with Gasteiger partial charge in [0.2, 0.25) is 10.0 Å². The van der Waals surface area contributed by atoms with Gasteiger partial charge in [0.25, 0.3) is 5.91 Å². The molecule has 2 aromatic carbocycles. The minimum Gasteiger partial charge on any atom is -0.497 e. The number of nitrogens with zero attached hydrogens (tertiary/aromatic N) is 1. The number of sulfonamides is 1. The maximum absolute atomic E-state index is 12.6. The van der Waals surface area contributed by atoms with E-state index in [1.165, 1.54) is 4.31 Å². The smallest absolute Gasteiger partial charge is 0.251 e. The number of rotatable bonds is 7. The second-order valence-corrected chi connectivity index (χ2v) is 9.02. The second kappa shape index (κ2) is 9.17. The Morgan fingerprint density at radius 3 is 2.55 bits per heavy atom. The fraction of sp³-hybridized carbons (Fsp3) is 0.381. The van der Waals surface area contributed by atoms with Crippen LogP contribution < -0.4 is 19.1 Å². The quantitative estimate of drug-likeness (QED) is 0.747. The summed E-state index contributed by atoms with van der Waals surface area (Å²) in [5.74, 6) is 1.30. The first kappa shape index (κ1) is 21.0. The van der Waals surface area contributed by atoms with Crippen LogP contribution in [0.2, 0.25) is 0 Å². The molecule has 0 bridgehead atoms. The van der Waals surface area contributed by atoms with Crippen molar-refractivity contribution in [3.63, 3.8) is 0 Å². The van der Waals surface area contributed by atoms with Gasteiger partial charge in [-0.1, -0.05) is 6.07 Å². The predicted octanol–water partition coefficient (Wildman–Crippen LogP) is 2.82. The van der Waals surface area contributed by atoms with Crippen molar-refractivity contribution in [3.8, 4) is 11.5 Å². The van der Waals surface area contributed by atoms with Crippen molar-refractivity contribution >= 4 is 21.6 Å². The molecule has 0 radical (unpaired) electrons. The second-order valence-electron chi connectivity index (χ2n) is 7.01. The Labute approximate surface area is 171 Å². The number of carbonyl (C=O) groups is 1. The van der Waals surface area contributed by atoms with Crippen molar-refractivity contribution in [1.29, 1.82) is 0 Å². The zero-order chi connectivity index (χ0) is 20.9. The number of anilines is 1. The van der Waals surface area contributed by atoms with Crippen LogP contribution in [-0.2, 0) is 10.0 Å². The van der Waals surface area contributed by atoms with E-state index in [-0.39, 0.29) is 17.7 Å². The molecule has 1 atom stereocenters. The largest absolute Gasteiger partial charge is 0.497 e. The highest BCUT2D eigenvalue weighted by Crippen LogP contribution is 2.24. The fourth-order valence-corrected chi connectivity index (χ4v) is 4.75. The Morgan fingerprint density at radius 2 is 1.86 bits per heavy atom. The van der Waals surface area contributed by atoms with Gasteiger partial charge in [0, 0.05) is 12.1 Å². The summed E-state index contributed by atoms with van der Waals surface area (Å²) in [6.07, 6.45) is 1.49. The first-order valence-corrected chi connectivity index (χ1v) is 11.2. The van der Waals surface area contributed by atoms with Gasteiger partial charge in [-0.05, 0) is 62.2 Å². The molecular formula is C21H26N2O5S. The van der Waals surface area contributed by atoms with Crippen LogP contribution in [0.1, 0.15) is 30.1 Å². The highest BCUT2D eigenvalue weighted by atomic mass is 32.2. The van der Waals surface area contributed by atoms with E-state index in [9.17, 15) is 13.2 Å². The number of amides is 1. The standard InChI is InChI=1S/C21H26N2O5S/c1-16(15-28-20-10-8-19(27-2)9-11-20)22-21(24)17-6-5-7-18(14-17)23-12-3-4-13-29(23,25)26/h5-11,14,16H,3-4,12-13,15H2,1-2H3,(H,22,24)/t16-/m0/s1. The molecule has 2 aromatic rings. The lowest BCUT2D eigenvalue weighted by atomic mass is 10.1. The van der Waals surface area contributed by atoms with E-state index in [1.807, 2.05) is 6.92 Å². The Hall–Kier alpha value is -2.74. The molecule has 156 valence electrons. The average molecular weight is 419 g/mol. The first-order chi connectivity index (χ1) is 13.9. The van der Waals surface area contributed by atoms with Crippen molar-refractivity contribution in [2.24, 2.45) is 0 Å². The molecule has 1 fully saturated rings. The molecule has 3 rings (SSSR count). The number of hydrogen-bond donors (Lipinski definition) is 1. The van der Waals surface area contributed by atoms with Crippen LogP contribution in [0.25, 0.3) is 0 Å². The first-order valence-electron chi connectivity index (χ1n) is 9.57. The van der Waals surface area contributed by atoms with Gasteiger partial charge in [0.1, 0.15) is 18.1 Å². The third-order valence-corrected chi connectivity index (χ3v) is 6.55. The summed E-state index contributed by atoms with van der Waals surface area (Å²) < 4.78 is 36.8. The molecule has 1 saturated heterocycles. The molecule has 7 nitrogen and oxygen atoms in total. The minimum atomic E-state index is -3.31. The number of benzene rings is 2. The highest BCUT2D eigenvalue weighted by molar-refractivity contribution is 7.92. The van der Waals surface area contributed by atoms with Crippen molar-refractivity contribution in [2.75, 3.05) is 30.3 Å². The molecule has 0 aromatic heterocycles. The van der Waals surface area contributed by atoms with E-state index < -0.39 is 10.0 Å². The molecule has 0 unspecified atom stereocenters. The van der Waals surface area contributed by atoms with E-state index in [1.54, 1.807) is 55.6 Å². The SMILES string of the molecule is COc1ccc(OC[C@H](C)NC(=O)c2cccc(N3CCCCS3(=O)=O)c2)cc1. The Kier molecular flexibility index (Phi) is 6.64. The monoisotopic (exact) mass is 418 g/mol. The molecule has 1 amide bonds. The average Bonchev–Trinajstić information content (AvgIpc) is 2.72. The Bertz CT molecular complexity index is 944. The molecule has 1 aliphatic heterocycles. The van der Waals surface area contributed by atoms with Crippen LogP contribution in [0.3, 0.4) is 0 Å². The minimum absolute atomic E-state index is 0.142. The number of nitrogens with one attached hydrogen (secondary N) is 1. The lowest BCUT2D eigenvalue weighted by molar-refractivity contribution is 0.0926. The molecule has 1 N–H and O–H groups in total. The summed E-state index contributed by atoms with van der Waals surface area (Å²) in [5.41, 5.74) is 0.944. The van der Waals surface area contributed by atoms with Gasteiger partial charge in [0.05, 0.1) is 24.6 Å². The van der Waals surface area contributed by atoms with Gasteiger partial charge >= 0.3 is 0 Å². The molecule has 0 saturated carbocycles. The van der Waals surface area contributed by atoms with E-state index >= 15 is 0 Å². The van der Waals surface area contributed by atoms with Crippen LogP contribution in [0.4, 0.5) is 5.69 Å². The highest BCUT2D eigenvalue weighted by Gasteiger charge is 2.26. The lowest BCUT2D eigenvalue weighted by Gasteiger charge is -2.28. The van der Waals surface area contributed by atoms with E-state index in [4.69, 9.17) is 9.47 Å². The van der Waals surface area contributed by atoms with Crippen molar-refractivity contribution in [2.45, 2.75) is 25.8 Å². The van der Waals surface area contributed by atoms with Gasteiger partial charge in [-0.25, -0.2) is 8.42 Å². The van der Waals surface area contributed by atoms with Crippen LogP contribution in [-0.4, -0.2) is 46.4 Å². The van der Waals surface area contributed by atoms with Crippen LogP contribution in [0.5, 0.6) is 11.5 Å². The Morgan fingerprint density at radius 1 is 1.14 bits per heavy atom. The van der Waals surface area contributed by atoms with Crippen molar-refractivity contribution in [1.82, 2.24) is 5.32 Å². The predicted molar refractivity (Wildman–Crippen MR) is 112 cm³/mol. The summed E-state index contributed by atoms with van der Waals surface area (Å²) >= 11 is 0. The molecule has 8 heteroatoms. The molecule has 1 heterocycles. The topological polar surface area (TPSA) is 84.9 Å². The van der Waals surface area contributed by atoms with Gasteiger partial charge in [-0.15, -0.1) is 0 Å². The maximum atomic E-state index is 12.6. The van der Waals surface area contributed by atoms with E-state index in [0.717, 1.165) is 12.2 Å². The molecule has 0 aliphatic carbocycles. The zero-order valence-electron chi connectivity index (χ0n) is 16.6. The molecular weight excluding hydrogens is 392 g/mol. The fourth-order valence-electron chi connectivity index (χ4n) is 3.12. The van der Waals surface area contributed by atoms with Gasteiger partial charge in [-0.3, -0.25) is 9.10 Å². The third-order valence-electron chi connectivity index (χ3n) is 4.68. The number of ether oxygens (including phenoxy) is 2. The maximum Gasteiger partial charge on any atom is 0.251 e. The molecule has 1 aliphatic rings. The third kappa shape index (κ3) is 5.41. The number of hydrogen-bond acceptors (Lipinski definition) is 5. The van der Waals surface area contributed by atoms with Crippen molar-refractivity contribution in [3.05, 3.63) is 54.1 Å². The summed E-state index contributed by atoms with van der Waals surface area (Å²) in [6.45, 7) is 2.60. The summed E-state index contributed by atoms with van der Waals surface area (Å²) in [6, 6.07) is 13.7. The van der Waals surface area contributed by atoms with E-state index in [0.29, 0.717) is 36.6 Å². The van der Waals surface area contributed by atoms with Crippen LogP contribution in [0.15, 0.2) is 48.5 Å². The van der Waals surface area contributed by atoms with Gasteiger partial charge in [0.15, 0.2) is 0 Å². The van der Waals surface area contributed by atoms with Gasteiger partial charge in [-0.2, -0.15) is 0 Å². The number of methoxy groups -OCH3 is 1. The summed E-state index contributed by atoms with van der Waals surface area (Å²) in [7, 11) is -1.71. The lowest BCUT2D eigenvalue weighted by Crippen LogP contribution is -2.38. The Balaban J connectivity index is 1.59. The van der Waals surface area contributed by atoms with Crippen LogP contribution >= 0.6 is 0 Å². The zero-order valence-corrected chi connectivity index (χ0v) is 17.4. The van der Waals surface area contributed by atoms with E-state index in [2.05, 4.69) is 5.32 Å². The number of carbonyl (C=O) groups excluding carboxylic acids is 1.